The SMILES string of the molecule is O=C(NS(=O)(=O)C1CC1)c1ccc(N2C(=O)[C@@H]3C[C@H]2C[C@H]3OCc2c(-c3c(Cl)cccc3Cl)noc2C2CC2)cc1F. The van der Waals surface area contributed by atoms with Crippen LogP contribution < -0.4 is 9.62 Å². The summed E-state index contributed by atoms with van der Waals surface area (Å²) in [7, 11) is -3.82. The lowest BCUT2D eigenvalue weighted by atomic mass is 10.0. The largest absolute Gasteiger partial charge is 0.372 e. The van der Waals surface area contributed by atoms with Gasteiger partial charge in [0.25, 0.3) is 5.91 Å². The van der Waals surface area contributed by atoms with Crippen LogP contribution >= 0.6 is 23.2 Å². The number of anilines is 1. The normalized spacial score (nSPS) is 23.5. The van der Waals surface area contributed by atoms with Gasteiger partial charge in [0, 0.05) is 28.8 Å². The first kappa shape index (κ1) is 27.8. The van der Waals surface area contributed by atoms with E-state index in [0.717, 1.165) is 30.2 Å². The van der Waals surface area contributed by atoms with E-state index in [2.05, 4.69) is 5.16 Å². The third-order valence-corrected chi connectivity index (χ3v) is 10.9. The zero-order valence-electron chi connectivity index (χ0n) is 22.2. The standard InChI is InChI=1S/C29H26Cl2FN3O6S/c30-21-2-1-3-22(31)25(21)26-20(27(41-33-26)14-4-5-14)13-40-24-12-16-10-19(24)29(37)35(16)15-6-9-18(23(32)11-15)28(36)34-42(38,39)17-7-8-17/h1-3,6,9,11,14,16-17,19,24H,4-5,7-8,10,12-13H2,(H,34,36)/t16-,19+,24+/m0/s1. The topological polar surface area (TPSA) is 119 Å². The number of carbonyl (C=O) groups excluding carboxylic acids is 2. The fourth-order valence-electron chi connectivity index (χ4n) is 6.05. The van der Waals surface area contributed by atoms with E-state index in [4.69, 9.17) is 32.5 Å². The van der Waals surface area contributed by atoms with Gasteiger partial charge in [-0.3, -0.25) is 9.59 Å². The highest BCUT2D eigenvalue weighted by Crippen LogP contribution is 2.48. The van der Waals surface area contributed by atoms with E-state index in [9.17, 15) is 22.4 Å². The van der Waals surface area contributed by atoms with Crippen LogP contribution in [0.15, 0.2) is 40.9 Å². The molecule has 3 atom stereocenters. The van der Waals surface area contributed by atoms with Crippen molar-refractivity contribution in [3.05, 3.63) is 69.1 Å². The Labute approximate surface area is 251 Å². The van der Waals surface area contributed by atoms with E-state index < -0.39 is 38.5 Å². The molecule has 7 rings (SSSR count). The molecule has 0 unspecified atom stereocenters. The molecule has 0 radical (unpaired) electrons. The Kier molecular flexibility index (Phi) is 6.84. The smallest absolute Gasteiger partial charge is 0.267 e. The highest BCUT2D eigenvalue weighted by Gasteiger charge is 2.52. The molecule has 2 heterocycles. The summed E-state index contributed by atoms with van der Waals surface area (Å²) in [6, 6.07) is 8.81. The molecule has 1 aliphatic heterocycles. The van der Waals surface area contributed by atoms with Gasteiger partial charge in [-0.05, 0) is 68.9 Å². The second kappa shape index (κ2) is 10.3. The maximum absolute atomic E-state index is 15.0. The Morgan fingerprint density at radius 1 is 1.12 bits per heavy atom. The van der Waals surface area contributed by atoms with Crippen LogP contribution in [0.5, 0.6) is 0 Å². The number of ether oxygens (including phenoxy) is 1. The summed E-state index contributed by atoms with van der Waals surface area (Å²) in [6.45, 7) is 0.176. The number of hydrogen-bond acceptors (Lipinski definition) is 7. The summed E-state index contributed by atoms with van der Waals surface area (Å²) < 4.78 is 53.1. The molecule has 42 heavy (non-hydrogen) atoms. The van der Waals surface area contributed by atoms with E-state index in [1.54, 1.807) is 23.1 Å². The second-order valence-electron chi connectivity index (χ2n) is 11.4. The predicted molar refractivity (Wildman–Crippen MR) is 152 cm³/mol. The highest BCUT2D eigenvalue weighted by atomic mass is 35.5. The first-order chi connectivity index (χ1) is 20.1. The Morgan fingerprint density at radius 2 is 1.86 bits per heavy atom. The predicted octanol–water partition coefficient (Wildman–Crippen LogP) is 5.60. The average molecular weight is 635 g/mol. The lowest BCUT2D eigenvalue weighted by Crippen LogP contribution is -2.43. The molecule has 2 aromatic carbocycles. The number of carbonyl (C=O) groups is 2. The zero-order chi connectivity index (χ0) is 29.3. The summed E-state index contributed by atoms with van der Waals surface area (Å²) in [5, 5.41) is 4.58. The Hall–Kier alpha value is -2.99. The first-order valence-electron chi connectivity index (χ1n) is 13.9. The van der Waals surface area contributed by atoms with Crippen LogP contribution in [-0.4, -0.2) is 42.8 Å². The van der Waals surface area contributed by atoms with Gasteiger partial charge in [-0.25, -0.2) is 17.5 Å². The van der Waals surface area contributed by atoms with E-state index in [1.807, 2.05) is 4.72 Å². The summed E-state index contributed by atoms with van der Waals surface area (Å²) in [4.78, 5) is 27.4. The van der Waals surface area contributed by atoms with Crippen molar-refractivity contribution in [2.24, 2.45) is 5.92 Å². The van der Waals surface area contributed by atoms with E-state index in [0.29, 0.717) is 52.7 Å². The van der Waals surface area contributed by atoms with Gasteiger partial charge in [-0.1, -0.05) is 34.4 Å². The van der Waals surface area contributed by atoms with Gasteiger partial charge in [0.1, 0.15) is 17.3 Å². The molecule has 4 aliphatic rings. The summed E-state index contributed by atoms with van der Waals surface area (Å²) >= 11 is 12.9. The van der Waals surface area contributed by atoms with Crippen LogP contribution in [0.25, 0.3) is 11.3 Å². The molecule has 1 N–H and O–H groups in total. The lowest BCUT2D eigenvalue weighted by Gasteiger charge is -2.31. The zero-order valence-corrected chi connectivity index (χ0v) is 24.5. The number of aromatic nitrogens is 1. The van der Waals surface area contributed by atoms with Crippen molar-refractivity contribution in [2.45, 2.75) is 68.4 Å². The van der Waals surface area contributed by atoms with Gasteiger partial charge in [-0.2, -0.15) is 0 Å². The van der Waals surface area contributed by atoms with Crippen molar-refractivity contribution in [1.29, 1.82) is 0 Å². The molecular formula is C29H26Cl2FN3O6S. The molecule has 2 bridgehead atoms. The van der Waals surface area contributed by atoms with Crippen LogP contribution in [0.3, 0.4) is 0 Å². The number of sulfonamides is 1. The Bertz CT molecular complexity index is 1700. The summed E-state index contributed by atoms with van der Waals surface area (Å²) in [5.41, 5.74) is 1.81. The molecule has 1 aromatic heterocycles. The van der Waals surface area contributed by atoms with E-state index >= 15 is 0 Å². The first-order valence-corrected chi connectivity index (χ1v) is 16.2. The van der Waals surface area contributed by atoms with Gasteiger partial charge in [-0.15, -0.1) is 0 Å². The quantitative estimate of drug-likeness (QED) is 0.326. The molecule has 0 spiro atoms. The Balaban J connectivity index is 1.06. The number of nitrogens with zero attached hydrogens (tertiary/aromatic N) is 2. The molecule has 9 nitrogen and oxygen atoms in total. The Morgan fingerprint density at radius 3 is 2.50 bits per heavy atom. The molecule has 13 heteroatoms. The summed E-state index contributed by atoms with van der Waals surface area (Å²) in [6.07, 6.45) is 3.69. The monoisotopic (exact) mass is 633 g/mol. The van der Waals surface area contributed by atoms with Crippen LogP contribution in [0.4, 0.5) is 10.1 Å². The highest BCUT2D eigenvalue weighted by molar-refractivity contribution is 7.91. The van der Waals surface area contributed by atoms with Gasteiger partial charge >= 0.3 is 0 Å². The minimum atomic E-state index is -3.82. The fourth-order valence-corrected chi connectivity index (χ4v) is 7.92. The number of rotatable bonds is 9. The maximum Gasteiger partial charge on any atom is 0.267 e. The van der Waals surface area contributed by atoms with Crippen LogP contribution in [0.2, 0.25) is 10.0 Å². The van der Waals surface area contributed by atoms with Crippen molar-refractivity contribution in [3.8, 4) is 11.3 Å². The minimum absolute atomic E-state index is 0.176. The molecule has 220 valence electrons. The molecule has 3 saturated carbocycles. The van der Waals surface area contributed by atoms with Gasteiger partial charge in [0.2, 0.25) is 15.9 Å². The molecular weight excluding hydrogens is 608 g/mol. The minimum Gasteiger partial charge on any atom is -0.372 e. The number of amides is 2. The second-order valence-corrected chi connectivity index (χ2v) is 14.1. The van der Waals surface area contributed by atoms with Crippen molar-refractivity contribution in [2.75, 3.05) is 4.90 Å². The number of benzene rings is 2. The van der Waals surface area contributed by atoms with Gasteiger partial charge in [0.05, 0.1) is 39.5 Å². The van der Waals surface area contributed by atoms with Crippen LogP contribution in [0, 0.1) is 11.7 Å². The average Bonchev–Trinajstić information content (AvgIpc) is 3.86. The lowest BCUT2D eigenvalue weighted by molar-refractivity contribution is -0.126. The number of hydrogen-bond donors (Lipinski definition) is 1. The van der Waals surface area contributed by atoms with Crippen molar-refractivity contribution < 1.29 is 31.7 Å². The number of piperidine rings is 1. The maximum atomic E-state index is 15.0. The van der Waals surface area contributed by atoms with E-state index in [1.165, 1.54) is 12.1 Å². The van der Waals surface area contributed by atoms with E-state index in [-0.39, 0.29) is 30.6 Å². The van der Waals surface area contributed by atoms with Gasteiger partial charge < -0.3 is 14.2 Å². The van der Waals surface area contributed by atoms with Crippen molar-refractivity contribution in [1.82, 2.24) is 9.88 Å². The van der Waals surface area contributed by atoms with Crippen molar-refractivity contribution >= 4 is 50.7 Å². The summed E-state index contributed by atoms with van der Waals surface area (Å²) in [5.74, 6) is -1.51. The fraction of sp³-hybridized carbons (Fsp3) is 0.414. The third-order valence-electron chi connectivity index (χ3n) is 8.48. The third kappa shape index (κ3) is 4.90. The van der Waals surface area contributed by atoms with Crippen LogP contribution in [-0.2, 0) is 26.2 Å². The molecule has 4 fully saturated rings. The number of nitrogens with one attached hydrogen (secondary N) is 1. The van der Waals surface area contributed by atoms with Gasteiger partial charge in [0.15, 0.2) is 0 Å². The molecule has 2 amide bonds. The van der Waals surface area contributed by atoms with Crippen molar-refractivity contribution in [3.63, 3.8) is 0 Å². The molecule has 1 saturated heterocycles. The van der Waals surface area contributed by atoms with Crippen LogP contribution in [0.1, 0.15) is 66.1 Å². The molecule has 3 aliphatic carbocycles. The number of halogens is 3. The number of fused-ring (bicyclic) bond motifs is 2. The molecule has 3 aromatic rings.